The number of hydrogen-bond acceptors (Lipinski definition) is 5. The monoisotopic (exact) mass is 454 g/mol. The number of hydrogen-bond donors (Lipinski definition) is 2. The van der Waals surface area contributed by atoms with E-state index in [1.54, 1.807) is 18.4 Å². The Morgan fingerprint density at radius 1 is 0.971 bits per heavy atom. The molecule has 5 rings (SSSR count). The van der Waals surface area contributed by atoms with Crippen molar-refractivity contribution in [2.24, 2.45) is 0 Å². The molecule has 7 nitrogen and oxygen atoms in total. The summed E-state index contributed by atoms with van der Waals surface area (Å²) in [5.74, 6) is 0.482. The molecule has 1 fully saturated rings. The largest absolute Gasteiger partial charge is 0.463 e. The lowest BCUT2D eigenvalue weighted by Crippen LogP contribution is -2.46. The number of nitrogens with one attached hydrogen (secondary N) is 2. The highest BCUT2D eigenvalue weighted by atomic mass is 16.3. The molecule has 0 atom stereocenters. The van der Waals surface area contributed by atoms with E-state index in [2.05, 4.69) is 20.5 Å². The van der Waals surface area contributed by atoms with Gasteiger partial charge in [0.15, 0.2) is 5.76 Å². The number of benzene rings is 2. The molecule has 1 aliphatic heterocycles. The Bertz CT molecular complexity index is 1280. The third-order valence-electron chi connectivity index (χ3n) is 6.08. The molecule has 0 saturated carbocycles. The number of anilines is 1. The predicted octanol–water partition coefficient (Wildman–Crippen LogP) is 4.33. The number of piperidine rings is 1. The summed E-state index contributed by atoms with van der Waals surface area (Å²) in [6, 6.07) is 22.6. The van der Waals surface area contributed by atoms with Gasteiger partial charge >= 0.3 is 0 Å². The Morgan fingerprint density at radius 3 is 2.50 bits per heavy atom. The van der Waals surface area contributed by atoms with E-state index in [9.17, 15) is 9.59 Å². The van der Waals surface area contributed by atoms with Crippen molar-refractivity contribution in [2.45, 2.75) is 18.9 Å². The van der Waals surface area contributed by atoms with Crippen LogP contribution < -0.4 is 10.6 Å². The van der Waals surface area contributed by atoms with Crippen molar-refractivity contribution in [3.63, 3.8) is 0 Å². The predicted molar refractivity (Wildman–Crippen MR) is 131 cm³/mol. The van der Waals surface area contributed by atoms with Crippen LogP contribution in [0.3, 0.4) is 0 Å². The number of likely N-dealkylation sites (tertiary alicyclic amines) is 1. The molecule has 34 heavy (non-hydrogen) atoms. The molecule has 2 N–H and O–H groups in total. The van der Waals surface area contributed by atoms with Crippen LogP contribution in [0.1, 0.15) is 23.2 Å². The third kappa shape index (κ3) is 5.00. The average Bonchev–Trinajstić information content (AvgIpc) is 3.40. The Kier molecular flexibility index (Phi) is 6.35. The van der Waals surface area contributed by atoms with E-state index in [1.807, 2.05) is 60.7 Å². The van der Waals surface area contributed by atoms with Crippen LogP contribution in [-0.4, -0.2) is 47.4 Å². The van der Waals surface area contributed by atoms with E-state index in [4.69, 9.17) is 4.42 Å². The number of rotatable bonds is 6. The summed E-state index contributed by atoms with van der Waals surface area (Å²) in [4.78, 5) is 32.4. The molecule has 7 heteroatoms. The van der Waals surface area contributed by atoms with Crippen molar-refractivity contribution in [2.75, 3.05) is 25.0 Å². The first kappa shape index (κ1) is 21.9. The Balaban J connectivity index is 1.21. The fourth-order valence-electron chi connectivity index (χ4n) is 4.34. The minimum absolute atomic E-state index is 0.0256. The molecule has 2 aromatic carbocycles. The molecule has 0 radical (unpaired) electrons. The van der Waals surface area contributed by atoms with Crippen LogP contribution in [-0.2, 0) is 4.79 Å². The number of amides is 2. The van der Waals surface area contributed by atoms with E-state index in [1.165, 1.54) is 0 Å². The minimum atomic E-state index is -0.119. The molecule has 2 aromatic heterocycles. The smallest absolute Gasteiger partial charge is 0.252 e. The van der Waals surface area contributed by atoms with E-state index in [0.29, 0.717) is 23.6 Å². The van der Waals surface area contributed by atoms with Gasteiger partial charge in [-0.3, -0.25) is 14.5 Å². The maximum Gasteiger partial charge on any atom is 0.252 e. The van der Waals surface area contributed by atoms with E-state index < -0.39 is 0 Å². The summed E-state index contributed by atoms with van der Waals surface area (Å²) >= 11 is 0. The normalized spacial score (nSPS) is 14.7. The number of aromatic nitrogens is 1. The van der Waals surface area contributed by atoms with Gasteiger partial charge in [-0.05, 0) is 49.2 Å². The second-order valence-electron chi connectivity index (χ2n) is 8.49. The maximum atomic E-state index is 13.3. The molecule has 2 amide bonds. The molecule has 1 saturated heterocycles. The molecule has 1 aliphatic rings. The Morgan fingerprint density at radius 2 is 1.74 bits per heavy atom. The van der Waals surface area contributed by atoms with Crippen molar-refractivity contribution < 1.29 is 14.0 Å². The van der Waals surface area contributed by atoms with Gasteiger partial charge in [-0.25, -0.2) is 4.98 Å². The van der Waals surface area contributed by atoms with Crippen molar-refractivity contribution in [3.05, 3.63) is 84.6 Å². The standard InChI is InChI=1S/C27H26N4O3/c32-26(28-19-7-2-1-3-8-19)18-31-14-12-20(13-15-31)29-27(33)22-17-24(25-11-6-16-34-25)30-23-10-5-4-9-21(22)23/h1-11,16-17,20H,12-15,18H2,(H,28,32)(H,29,33). The lowest BCUT2D eigenvalue weighted by atomic mass is 10.0. The van der Waals surface area contributed by atoms with Crippen LogP contribution in [0, 0.1) is 0 Å². The first-order valence-electron chi connectivity index (χ1n) is 11.5. The average molecular weight is 455 g/mol. The first-order valence-corrected chi connectivity index (χ1v) is 11.5. The summed E-state index contributed by atoms with van der Waals surface area (Å²) in [5.41, 5.74) is 2.77. The van der Waals surface area contributed by atoms with Crippen molar-refractivity contribution in [1.82, 2.24) is 15.2 Å². The lowest BCUT2D eigenvalue weighted by Gasteiger charge is -2.32. The second kappa shape index (κ2) is 9.89. The van der Waals surface area contributed by atoms with Crippen molar-refractivity contribution in [1.29, 1.82) is 0 Å². The second-order valence-corrected chi connectivity index (χ2v) is 8.49. The molecule has 0 aliphatic carbocycles. The number of carbonyl (C=O) groups is 2. The number of para-hydroxylation sites is 2. The van der Waals surface area contributed by atoms with Crippen LogP contribution in [0.15, 0.2) is 83.5 Å². The summed E-state index contributed by atoms with van der Waals surface area (Å²) in [5, 5.41) is 6.92. The molecule has 0 unspecified atom stereocenters. The van der Waals surface area contributed by atoms with Gasteiger partial charge in [-0.15, -0.1) is 0 Å². The highest BCUT2D eigenvalue weighted by Crippen LogP contribution is 2.25. The maximum absolute atomic E-state index is 13.3. The van der Waals surface area contributed by atoms with Gasteiger partial charge in [0, 0.05) is 30.2 Å². The summed E-state index contributed by atoms with van der Waals surface area (Å²) < 4.78 is 5.50. The lowest BCUT2D eigenvalue weighted by molar-refractivity contribution is -0.117. The van der Waals surface area contributed by atoms with Gasteiger partial charge in [0.1, 0.15) is 5.69 Å². The number of fused-ring (bicyclic) bond motifs is 1. The molecule has 0 bridgehead atoms. The molecular formula is C27H26N4O3. The van der Waals surface area contributed by atoms with Crippen molar-refractivity contribution in [3.8, 4) is 11.5 Å². The Labute approximate surface area is 197 Å². The molecule has 0 spiro atoms. The van der Waals surface area contributed by atoms with Gasteiger partial charge in [-0.1, -0.05) is 36.4 Å². The van der Waals surface area contributed by atoms with E-state index in [0.717, 1.165) is 42.5 Å². The fraction of sp³-hybridized carbons (Fsp3) is 0.222. The highest BCUT2D eigenvalue weighted by Gasteiger charge is 2.24. The number of furan rings is 1. The van der Waals surface area contributed by atoms with Gasteiger partial charge in [0.2, 0.25) is 5.91 Å². The summed E-state index contributed by atoms with van der Waals surface area (Å²) in [6.07, 6.45) is 3.18. The fourth-order valence-corrected chi connectivity index (χ4v) is 4.34. The number of nitrogens with zero attached hydrogens (tertiary/aromatic N) is 2. The molecular weight excluding hydrogens is 428 g/mol. The zero-order valence-corrected chi connectivity index (χ0v) is 18.7. The molecule has 4 aromatic rings. The highest BCUT2D eigenvalue weighted by molar-refractivity contribution is 6.07. The minimum Gasteiger partial charge on any atom is -0.463 e. The van der Waals surface area contributed by atoms with E-state index >= 15 is 0 Å². The first-order chi connectivity index (χ1) is 16.7. The SMILES string of the molecule is O=C(CN1CCC(NC(=O)c2cc(-c3ccco3)nc3ccccc23)CC1)Nc1ccccc1. The topological polar surface area (TPSA) is 87.5 Å². The summed E-state index contributed by atoms with van der Waals surface area (Å²) in [6.45, 7) is 1.85. The zero-order valence-electron chi connectivity index (χ0n) is 18.7. The number of pyridine rings is 1. The van der Waals surface area contributed by atoms with Crippen LogP contribution in [0.4, 0.5) is 5.69 Å². The summed E-state index contributed by atoms with van der Waals surface area (Å²) in [7, 11) is 0. The molecule has 172 valence electrons. The van der Waals surface area contributed by atoms with E-state index in [-0.39, 0.29) is 17.9 Å². The van der Waals surface area contributed by atoms with Crippen LogP contribution in [0.5, 0.6) is 0 Å². The molecule has 3 heterocycles. The van der Waals surface area contributed by atoms with Gasteiger partial charge in [-0.2, -0.15) is 0 Å². The third-order valence-corrected chi connectivity index (χ3v) is 6.08. The van der Waals surface area contributed by atoms with Gasteiger partial charge < -0.3 is 15.1 Å². The van der Waals surface area contributed by atoms with Gasteiger partial charge in [0.25, 0.3) is 5.91 Å². The quantitative estimate of drug-likeness (QED) is 0.453. The zero-order chi connectivity index (χ0) is 23.3. The van der Waals surface area contributed by atoms with Gasteiger partial charge in [0.05, 0.1) is 23.9 Å². The number of carbonyl (C=O) groups excluding carboxylic acids is 2. The van der Waals surface area contributed by atoms with Crippen LogP contribution >= 0.6 is 0 Å². The Hall–Kier alpha value is -3.97. The van der Waals surface area contributed by atoms with Crippen molar-refractivity contribution >= 4 is 28.4 Å². The van der Waals surface area contributed by atoms with Crippen LogP contribution in [0.2, 0.25) is 0 Å². The van der Waals surface area contributed by atoms with Crippen LogP contribution in [0.25, 0.3) is 22.4 Å².